The first-order valence-corrected chi connectivity index (χ1v) is 11.1. The van der Waals surface area contributed by atoms with Crippen LogP contribution in [-0.4, -0.2) is 24.0 Å². The monoisotopic (exact) mass is 418 g/mol. The highest BCUT2D eigenvalue weighted by Crippen LogP contribution is 2.34. The van der Waals surface area contributed by atoms with E-state index in [0.717, 1.165) is 18.8 Å². The number of rotatable bonds is 6. The van der Waals surface area contributed by atoms with Crippen LogP contribution < -0.4 is 10.6 Å². The summed E-state index contributed by atoms with van der Waals surface area (Å²) < 4.78 is 13.8. The lowest BCUT2D eigenvalue weighted by molar-refractivity contribution is 0.0922. The largest absolute Gasteiger partial charge is 0.350 e. The summed E-state index contributed by atoms with van der Waals surface area (Å²) in [5, 5.41) is 6.95. The number of hydrogen-bond donors (Lipinski definition) is 2. The topological polar surface area (TPSA) is 41.1 Å². The number of terminal acetylenes is 1. The molecule has 0 radical (unpaired) electrons. The normalized spacial score (nSPS) is 24.0. The van der Waals surface area contributed by atoms with Gasteiger partial charge in [-0.25, -0.2) is 4.39 Å². The first-order valence-electron chi connectivity index (χ1n) is 11.1. The molecule has 1 aromatic carbocycles. The van der Waals surface area contributed by atoms with Crippen LogP contribution in [0.3, 0.4) is 0 Å². The molecule has 4 heteroatoms. The Kier molecular flexibility index (Phi) is 7.72. The minimum Gasteiger partial charge on any atom is -0.350 e. The fourth-order valence-electron chi connectivity index (χ4n) is 3.95. The average molecular weight is 419 g/mol. The molecule has 0 atom stereocenters. The molecule has 3 rings (SSSR count). The number of nitrogens with one attached hydrogen (secondary N) is 2. The zero-order chi connectivity index (χ0) is 22.3. The van der Waals surface area contributed by atoms with E-state index in [-0.39, 0.29) is 17.0 Å². The van der Waals surface area contributed by atoms with Crippen LogP contribution in [0.5, 0.6) is 0 Å². The van der Waals surface area contributed by atoms with Crippen molar-refractivity contribution in [2.45, 2.75) is 64.0 Å². The zero-order valence-electron chi connectivity index (χ0n) is 18.4. The maximum atomic E-state index is 13.8. The third-order valence-electron chi connectivity index (χ3n) is 6.13. The molecule has 2 fully saturated rings. The van der Waals surface area contributed by atoms with E-state index < -0.39 is 5.83 Å². The predicted octanol–water partition coefficient (Wildman–Crippen LogP) is 4.90. The second-order valence-electron chi connectivity index (χ2n) is 8.75. The number of halogens is 1. The Labute approximate surface area is 185 Å². The van der Waals surface area contributed by atoms with Crippen molar-refractivity contribution >= 4 is 5.91 Å². The minimum atomic E-state index is -0.452. The van der Waals surface area contributed by atoms with E-state index >= 15 is 0 Å². The van der Waals surface area contributed by atoms with E-state index in [9.17, 15) is 9.18 Å². The summed E-state index contributed by atoms with van der Waals surface area (Å²) in [5.41, 5.74) is 1.47. The first-order chi connectivity index (χ1) is 14.9. The molecule has 0 bridgehead atoms. The van der Waals surface area contributed by atoms with Crippen molar-refractivity contribution in [2.75, 3.05) is 6.54 Å². The molecule has 31 heavy (non-hydrogen) atoms. The van der Waals surface area contributed by atoms with Crippen molar-refractivity contribution in [3.05, 3.63) is 58.9 Å². The number of amides is 1. The van der Waals surface area contributed by atoms with E-state index in [4.69, 9.17) is 6.42 Å². The molecule has 0 aliphatic heterocycles. The Morgan fingerprint density at radius 3 is 2.48 bits per heavy atom. The Bertz CT molecular complexity index is 944. The van der Waals surface area contributed by atoms with Gasteiger partial charge in [-0.15, -0.1) is 6.42 Å². The molecular formula is C27H31FN2O. The van der Waals surface area contributed by atoms with Crippen LogP contribution in [0.15, 0.2) is 47.8 Å². The smallest absolute Gasteiger partial charge is 0.251 e. The summed E-state index contributed by atoms with van der Waals surface area (Å²) in [5.74, 6) is 8.18. The van der Waals surface area contributed by atoms with Crippen LogP contribution >= 0.6 is 0 Å². The van der Waals surface area contributed by atoms with E-state index in [1.54, 1.807) is 31.2 Å². The molecule has 0 saturated heterocycles. The van der Waals surface area contributed by atoms with Gasteiger partial charge in [0.2, 0.25) is 0 Å². The lowest BCUT2D eigenvalue weighted by atomic mass is 9.77. The van der Waals surface area contributed by atoms with E-state index in [2.05, 4.69) is 35.3 Å². The van der Waals surface area contributed by atoms with Crippen LogP contribution in [0.25, 0.3) is 0 Å². The van der Waals surface area contributed by atoms with Crippen LogP contribution in [0.2, 0.25) is 0 Å². The Balaban J connectivity index is 1.62. The molecule has 0 unspecified atom stereocenters. The van der Waals surface area contributed by atoms with E-state index in [1.807, 2.05) is 0 Å². The van der Waals surface area contributed by atoms with Crippen LogP contribution in [-0.2, 0) is 0 Å². The summed E-state index contributed by atoms with van der Waals surface area (Å²) in [6, 6.07) is 7.65. The molecule has 1 aromatic rings. The highest BCUT2D eigenvalue weighted by molar-refractivity contribution is 5.94. The van der Waals surface area contributed by atoms with Gasteiger partial charge in [-0.3, -0.25) is 4.79 Å². The van der Waals surface area contributed by atoms with Crippen LogP contribution in [0, 0.1) is 30.1 Å². The number of hydrogen-bond acceptors (Lipinski definition) is 2. The standard InChI is InChI=1S/C27H31FN2O/c1-4-6-22(25(28)5-2)10-7-21-8-11-23(12-9-21)26(31)29-19-27(30-24-13-14-24)17-15-20(3)16-18-27/h1,5-6,8-9,11-12,20,24,30H,13-19H2,2-3H3,(H,29,31)/b22-6-,25-5+. The molecule has 162 valence electrons. The van der Waals surface area contributed by atoms with Crippen molar-refractivity contribution in [2.24, 2.45) is 5.92 Å². The zero-order valence-corrected chi connectivity index (χ0v) is 18.4. The van der Waals surface area contributed by atoms with Gasteiger partial charge in [0, 0.05) is 35.3 Å². The van der Waals surface area contributed by atoms with Gasteiger partial charge in [0.05, 0.1) is 5.57 Å². The molecule has 0 spiro atoms. The lowest BCUT2D eigenvalue weighted by Gasteiger charge is -2.40. The first kappa shape index (κ1) is 22.9. The summed E-state index contributed by atoms with van der Waals surface area (Å²) >= 11 is 0. The van der Waals surface area contributed by atoms with Gasteiger partial charge in [0.15, 0.2) is 0 Å². The van der Waals surface area contributed by atoms with Gasteiger partial charge in [-0.05, 0) is 75.6 Å². The molecule has 2 N–H and O–H groups in total. The maximum Gasteiger partial charge on any atom is 0.251 e. The Morgan fingerprint density at radius 1 is 1.23 bits per heavy atom. The summed E-state index contributed by atoms with van der Waals surface area (Å²) in [6.45, 7) is 4.55. The van der Waals surface area contributed by atoms with E-state index in [0.29, 0.717) is 23.7 Å². The van der Waals surface area contributed by atoms with Gasteiger partial charge in [-0.1, -0.05) is 30.8 Å². The van der Waals surface area contributed by atoms with Crippen LogP contribution in [0.1, 0.15) is 68.3 Å². The van der Waals surface area contributed by atoms with E-state index in [1.165, 1.54) is 37.8 Å². The van der Waals surface area contributed by atoms with Crippen molar-refractivity contribution in [3.63, 3.8) is 0 Å². The van der Waals surface area contributed by atoms with Gasteiger partial charge in [0.1, 0.15) is 5.83 Å². The lowest BCUT2D eigenvalue weighted by Crippen LogP contribution is -2.56. The number of carbonyl (C=O) groups excluding carboxylic acids is 1. The summed E-state index contributed by atoms with van der Waals surface area (Å²) in [4.78, 5) is 12.7. The fraction of sp³-hybridized carbons (Fsp3) is 0.444. The molecule has 2 aliphatic carbocycles. The van der Waals surface area contributed by atoms with Gasteiger partial charge < -0.3 is 10.6 Å². The van der Waals surface area contributed by atoms with Crippen molar-refractivity contribution in [1.29, 1.82) is 0 Å². The molecule has 3 nitrogen and oxygen atoms in total. The summed E-state index contributed by atoms with van der Waals surface area (Å²) in [6.07, 6.45) is 15.0. The summed E-state index contributed by atoms with van der Waals surface area (Å²) in [7, 11) is 0. The van der Waals surface area contributed by atoms with Gasteiger partial charge in [-0.2, -0.15) is 0 Å². The van der Waals surface area contributed by atoms with Crippen molar-refractivity contribution in [3.8, 4) is 24.2 Å². The fourth-order valence-corrected chi connectivity index (χ4v) is 3.95. The third-order valence-corrected chi connectivity index (χ3v) is 6.13. The molecular weight excluding hydrogens is 387 g/mol. The maximum absolute atomic E-state index is 13.8. The molecule has 2 aliphatic rings. The van der Waals surface area contributed by atoms with Crippen molar-refractivity contribution in [1.82, 2.24) is 10.6 Å². The average Bonchev–Trinajstić information content (AvgIpc) is 3.60. The Morgan fingerprint density at radius 2 is 1.90 bits per heavy atom. The minimum absolute atomic E-state index is 0.0192. The third kappa shape index (κ3) is 6.58. The molecule has 0 heterocycles. The van der Waals surface area contributed by atoms with Gasteiger partial charge >= 0.3 is 0 Å². The highest BCUT2D eigenvalue weighted by atomic mass is 19.1. The molecule has 1 amide bonds. The number of benzene rings is 1. The molecule has 0 aromatic heterocycles. The second-order valence-corrected chi connectivity index (χ2v) is 8.75. The predicted molar refractivity (Wildman–Crippen MR) is 124 cm³/mol. The van der Waals surface area contributed by atoms with Crippen LogP contribution in [0.4, 0.5) is 4.39 Å². The second kappa shape index (κ2) is 10.5. The quantitative estimate of drug-likeness (QED) is 0.510. The van der Waals surface area contributed by atoms with Gasteiger partial charge in [0.25, 0.3) is 5.91 Å². The van der Waals surface area contributed by atoms with Crippen molar-refractivity contribution < 1.29 is 9.18 Å². The molecule has 2 saturated carbocycles. The number of allylic oxidation sites excluding steroid dienone is 4. The number of carbonyl (C=O) groups is 1. The SMILES string of the molecule is C#C/C=C(C#Cc1ccc(C(=O)NCC2(NC3CC3)CCC(C)CC2)cc1)\C(F)=C/C. The highest BCUT2D eigenvalue weighted by Gasteiger charge is 2.38. The Hall–Kier alpha value is -2.82.